The summed E-state index contributed by atoms with van der Waals surface area (Å²) < 4.78 is 4.90. The molecule has 0 unspecified atom stereocenters. The molecule has 3 aromatic heterocycles. The van der Waals surface area contributed by atoms with E-state index in [1.54, 1.807) is 0 Å². The molecule has 0 N–H and O–H groups in total. The smallest absolute Gasteiger partial charge is 0.0973 e. The molecule has 0 saturated heterocycles. The highest BCUT2D eigenvalue weighted by atomic mass is 15.0. The highest BCUT2D eigenvalue weighted by molar-refractivity contribution is 6.17. The number of fused-ring (bicyclic) bond motifs is 13. The molecule has 3 heterocycles. The van der Waals surface area contributed by atoms with Gasteiger partial charge in [0.1, 0.15) is 0 Å². The summed E-state index contributed by atoms with van der Waals surface area (Å²) in [4.78, 5) is 10.7. The third-order valence-corrected chi connectivity index (χ3v) is 14.4. The first-order valence-electron chi connectivity index (χ1n) is 23.3. The Morgan fingerprint density at radius 3 is 1.51 bits per heavy atom. The van der Waals surface area contributed by atoms with Crippen molar-refractivity contribution in [3.05, 3.63) is 231 Å². The Morgan fingerprint density at radius 1 is 0.250 bits per heavy atom. The maximum Gasteiger partial charge on any atom is 0.0973 e. The van der Waals surface area contributed by atoms with E-state index in [2.05, 4.69) is 228 Å². The van der Waals surface area contributed by atoms with Gasteiger partial charge in [-0.1, -0.05) is 152 Å². The first-order valence-corrected chi connectivity index (χ1v) is 23.3. The summed E-state index contributed by atoms with van der Waals surface area (Å²) in [5, 5.41) is 17.1. The van der Waals surface area contributed by atoms with Gasteiger partial charge >= 0.3 is 0 Å². The number of nitrogens with zero attached hydrogens (tertiary/aromatic N) is 4. The van der Waals surface area contributed by atoms with Crippen molar-refractivity contribution >= 4 is 109 Å². The Morgan fingerprint density at radius 2 is 0.765 bits per heavy atom. The number of hydrogen-bond acceptors (Lipinski definition) is 2. The molecule has 0 amide bonds. The van der Waals surface area contributed by atoms with E-state index < -0.39 is 0 Å². The van der Waals surface area contributed by atoms with Gasteiger partial charge in [-0.25, -0.2) is 9.97 Å². The molecule has 15 rings (SSSR count). The lowest BCUT2D eigenvalue weighted by atomic mass is 9.96. The second-order valence-corrected chi connectivity index (χ2v) is 18.2. The van der Waals surface area contributed by atoms with Crippen LogP contribution >= 0.6 is 0 Å². The molecule has 0 radical (unpaired) electrons. The van der Waals surface area contributed by atoms with Gasteiger partial charge < -0.3 is 9.13 Å². The van der Waals surface area contributed by atoms with Gasteiger partial charge in [-0.15, -0.1) is 0 Å². The van der Waals surface area contributed by atoms with Crippen LogP contribution in [0.5, 0.6) is 0 Å². The van der Waals surface area contributed by atoms with Crippen molar-refractivity contribution in [1.82, 2.24) is 19.1 Å². The Bertz CT molecular complexity index is 4630. The SMILES string of the molecule is c1ccc2cc3c(cc2c1)c1ccccc1n3-c1ccc2cc3c4ccccc4n(-c4cccc5cc(-c6nc7ccccc7nc6-c6ccc7ccc8ccccc8c7c6)ccc45)c3cc2c1. The summed E-state index contributed by atoms with van der Waals surface area (Å²) in [6.07, 6.45) is 0. The van der Waals surface area contributed by atoms with Crippen LogP contribution in [0.3, 0.4) is 0 Å². The quantitative estimate of drug-likeness (QED) is 0.165. The van der Waals surface area contributed by atoms with Gasteiger partial charge in [-0.2, -0.15) is 0 Å². The summed E-state index contributed by atoms with van der Waals surface area (Å²) in [7, 11) is 0. The van der Waals surface area contributed by atoms with E-state index in [1.807, 2.05) is 12.1 Å². The third kappa shape index (κ3) is 5.49. The van der Waals surface area contributed by atoms with Gasteiger partial charge in [0.15, 0.2) is 0 Å². The maximum atomic E-state index is 5.36. The number of aromatic nitrogens is 4. The van der Waals surface area contributed by atoms with Gasteiger partial charge in [0, 0.05) is 43.7 Å². The second kappa shape index (κ2) is 14.2. The Kier molecular flexibility index (Phi) is 7.75. The van der Waals surface area contributed by atoms with Crippen LogP contribution in [-0.2, 0) is 0 Å². The molecule has 0 fully saturated rings. The predicted molar refractivity (Wildman–Crippen MR) is 287 cm³/mol. The molecule has 4 nitrogen and oxygen atoms in total. The second-order valence-electron chi connectivity index (χ2n) is 18.2. The van der Waals surface area contributed by atoms with Gasteiger partial charge in [0.2, 0.25) is 0 Å². The summed E-state index contributed by atoms with van der Waals surface area (Å²) in [5.74, 6) is 0. The molecule has 0 spiro atoms. The summed E-state index contributed by atoms with van der Waals surface area (Å²) in [5.41, 5.74) is 12.6. The monoisotopic (exact) mass is 862 g/mol. The first-order chi connectivity index (χ1) is 33.7. The topological polar surface area (TPSA) is 35.6 Å². The molecule has 12 aromatic carbocycles. The van der Waals surface area contributed by atoms with E-state index >= 15 is 0 Å². The van der Waals surface area contributed by atoms with Gasteiger partial charge in [-0.05, 0) is 127 Å². The normalized spacial score (nSPS) is 12.1. The fraction of sp³-hybridized carbons (Fsp3) is 0. The molecule has 0 bridgehead atoms. The lowest BCUT2D eigenvalue weighted by Crippen LogP contribution is -1.97. The molecule has 314 valence electrons. The van der Waals surface area contributed by atoms with Crippen molar-refractivity contribution in [1.29, 1.82) is 0 Å². The highest BCUT2D eigenvalue weighted by Crippen LogP contribution is 2.41. The molecule has 0 aliphatic rings. The average molecular weight is 863 g/mol. The van der Waals surface area contributed by atoms with Crippen LogP contribution in [0.1, 0.15) is 0 Å². The summed E-state index contributed by atoms with van der Waals surface area (Å²) in [6, 6.07) is 84.1. The molecule has 4 heteroatoms. The fourth-order valence-electron chi connectivity index (χ4n) is 11.2. The number of hydrogen-bond donors (Lipinski definition) is 0. The van der Waals surface area contributed by atoms with Crippen molar-refractivity contribution in [2.45, 2.75) is 0 Å². The molecule has 0 saturated carbocycles. The minimum Gasteiger partial charge on any atom is -0.309 e. The van der Waals surface area contributed by atoms with E-state index in [0.29, 0.717) is 0 Å². The van der Waals surface area contributed by atoms with Crippen LogP contribution in [-0.4, -0.2) is 19.1 Å². The van der Waals surface area contributed by atoms with E-state index in [9.17, 15) is 0 Å². The Balaban J connectivity index is 0.913. The van der Waals surface area contributed by atoms with E-state index in [4.69, 9.17) is 9.97 Å². The van der Waals surface area contributed by atoms with Crippen LogP contribution in [0.25, 0.3) is 142 Å². The minimum atomic E-state index is 0.867. The molecular weight excluding hydrogens is 825 g/mol. The van der Waals surface area contributed by atoms with E-state index in [1.165, 1.54) is 86.7 Å². The van der Waals surface area contributed by atoms with Crippen molar-refractivity contribution < 1.29 is 0 Å². The minimum absolute atomic E-state index is 0.867. The van der Waals surface area contributed by atoms with Crippen LogP contribution in [0, 0.1) is 0 Å². The maximum absolute atomic E-state index is 5.36. The fourth-order valence-corrected chi connectivity index (χ4v) is 11.2. The molecule has 0 aliphatic heterocycles. The van der Waals surface area contributed by atoms with Crippen molar-refractivity contribution in [3.8, 4) is 33.9 Å². The Hall–Kier alpha value is -9.12. The first kappa shape index (κ1) is 37.1. The van der Waals surface area contributed by atoms with Crippen molar-refractivity contribution in [2.75, 3.05) is 0 Å². The lowest BCUT2D eigenvalue weighted by molar-refractivity contribution is 1.19. The summed E-state index contributed by atoms with van der Waals surface area (Å²) >= 11 is 0. The number of rotatable bonds is 4. The van der Waals surface area contributed by atoms with Crippen LogP contribution in [0.2, 0.25) is 0 Å². The zero-order valence-corrected chi connectivity index (χ0v) is 36.7. The standard InChI is InChI=1S/C64H38N4/c1-2-14-42-37-61-54(34-41(42)13-1)51-17-5-9-21-59(51)67(61)48-30-28-43-35-55-52-18-6-10-22-60(52)68(62(55)38-47(43)33-48)58-23-11-15-44-32-45(29-31-50(44)58)63-64(66-57-20-8-7-19-56(57)65-63)46-27-26-40-25-24-39-12-3-4-16-49(39)53(40)36-46/h1-38H. The lowest BCUT2D eigenvalue weighted by Gasteiger charge is -2.15. The van der Waals surface area contributed by atoms with Gasteiger partial charge in [0.05, 0.1) is 50.2 Å². The van der Waals surface area contributed by atoms with Crippen LogP contribution in [0.4, 0.5) is 0 Å². The van der Waals surface area contributed by atoms with Crippen molar-refractivity contribution in [2.24, 2.45) is 0 Å². The van der Waals surface area contributed by atoms with Crippen LogP contribution in [0.15, 0.2) is 231 Å². The molecule has 0 atom stereocenters. The van der Waals surface area contributed by atoms with Crippen LogP contribution < -0.4 is 0 Å². The van der Waals surface area contributed by atoms with E-state index in [-0.39, 0.29) is 0 Å². The predicted octanol–water partition coefficient (Wildman–Crippen LogP) is 16.9. The van der Waals surface area contributed by atoms with Gasteiger partial charge in [-0.3, -0.25) is 0 Å². The molecule has 0 aliphatic carbocycles. The Labute approximate surface area is 390 Å². The highest BCUT2D eigenvalue weighted by Gasteiger charge is 2.20. The summed E-state index contributed by atoms with van der Waals surface area (Å²) in [6.45, 7) is 0. The van der Waals surface area contributed by atoms with Crippen molar-refractivity contribution in [3.63, 3.8) is 0 Å². The molecule has 68 heavy (non-hydrogen) atoms. The number of para-hydroxylation sites is 4. The zero-order chi connectivity index (χ0) is 44.5. The van der Waals surface area contributed by atoms with E-state index in [0.717, 1.165) is 55.7 Å². The molecular formula is C64H38N4. The number of benzene rings is 12. The third-order valence-electron chi connectivity index (χ3n) is 14.4. The average Bonchev–Trinajstić information content (AvgIpc) is 3.89. The molecule has 15 aromatic rings. The van der Waals surface area contributed by atoms with Gasteiger partial charge in [0.25, 0.3) is 0 Å². The zero-order valence-electron chi connectivity index (χ0n) is 36.7. The largest absolute Gasteiger partial charge is 0.309 e.